The van der Waals surface area contributed by atoms with Crippen LogP contribution in [0.1, 0.15) is 24.0 Å². The summed E-state index contributed by atoms with van der Waals surface area (Å²) in [6.07, 6.45) is 2.08. The van der Waals surface area contributed by atoms with Gasteiger partial charge in [0, 0.05) is 20.1 Å². The zero-order chi connectivity index (χ0) is 24.8. The maximum atomic E-state index is 13.8. The molecule has 2 aliphatic rings. The van der Waals surface area contributed by atoms with Gasteiger partial charge in [0.15, 0.2) is 0 Å². The molecular formula is C27H35N3O5. The Kier molecular flexibility index (Phi) is 7.93. The number of benzene rings is 2. The Morgan fingerprint density at radius 3 is 2.31 bits per heavy atom. The van der Waals surface area contributed by atoms with Crippen molar-refractivity contribution in [3.63, 3.8) is 0 Å². The first-order valence-electron chi connectivity index (χ1n) is 12.1. The van der Waals surface area contributed by atoms with Gasteiger partial charge in [-0.1, -0.05) is 24.3 Å². The average molecular weight is 482 g/mol. The number of carbonyl (C=O) groups is 2. The third-order valence-electron chi connectivity index (χ3n) is 7.19. The van der Waals surface area contributed by atoms with Crippen LogP contribution in [0, 0.1) is 5.92 Å². The second-order valence-corrected chi connectivity index (χ2v) is 9.28. The van der Waals surface area contributed by atoms with E-state index >= 15 is 0 Å². The zero-order valence-electron chi connectivity index (χ0n) is 20.8. The second-order valence-electron chi connectivity index (χ2n) is 9.28. The molecule has 0 aromatic heterocycles. The summed E-state index contributed by atoms with van der Waals surface area (Å²) < 4.78 is 15.8. The predicted molar refractivity (Wildman–Crippen MR) is 133 cm³/mol. The number of rotatable bonds is 10. The Labute approximate surface area is 207 Å². The number of nitrogens with zero attached hydrogens (tertiary/aromatic N) is 2. The third-order valence-corrected chi connectivity index (χ3v) is 7.19. The van der Waals surface area contributed by atoms with Crippen molar-refractivity contribution in [2.75, 3.05) is 47.6 Å². The number of likely N-dealkylation sites (tertiary alicyclic amines) is 1. The van der Waals surface area contributed by atoms with E-state index in [9.17, 15) is 9.59 Å². The van der Waals surface area contributed by atoms with Gasteiger partial charge in [0.2, 0.25) is 0 Å². The van der Waals surface area contributed by atoms with Gasteiger partial charge in [0.05, 0.1) is 27.4 Å². The Hall–Kier alpha value is -3.10. The number of urea groups is 1. The highest BCUT2D eigenvalue weighted by Gasteiger charge is 2.55. The van der Waals surface area contributed by atoms with Gasteiger partial charge >= 0.3 is 6.03 Å². The SMILES string of the molecule is COCCN1C(=O)N[C@](Cc2cccc(OC)c2)(C2CCN(Cc3ccc(OC)cc3)CC2)C1=O. The maximum absolute atomic E-state index is 13.8. The van der Waals surface area contributed by atoms with Crippen molar-refractivity contribution in [2.24, 2.45) is 5.92 Å². The largest absolute Gasteiger partial charge is 0.497 e. The minimum atomic E-state index is -0.969. The predicted octanol–water partition coefficient (Wildman–Crippen LogP) is 3.10. The molecule has 0 bridgehead atoms. The van der Waals surface area contributed by atoms with Crippen LogP contribution < -0.4 is 14.8 Å². The van der Waals surface area contributed by atoms with E-state index in [0.29, 0.717) is 13.0 Å². The number of nitrogens with one attached hydrogen (secondary N) is 1. The summed E-state index contributed by atoms with van der Waals surface area (Å²) in [5.74, 6) is 1.46. The Morgan fingerprint density at radius 2 is 1.66 bits per heavy atom. The van der Waals surface area contributed by atoms with Crippen molar-refractivity contribution in [2.45, 2.75) is 31.3 Å². The van der Waals surface area contributed by atoms with Gasteiger partial charge in [-0.25, -0.2) is 4.79 Å². The van der Waals surface area contributed by atoms with Crippen molar-refractivity contribution in [3.8, 4) is 11.5 Å². The smallest absolute Gasteiger partial charge is 0.325 e. The molecule has 0 aliphatic carbocycles. The van der Waals surface area contributed by atoms with Crippen LogP contribution in [0.15, 0.2) is 48.5 Å². The quantitative estimate of drug-likeness (QED) is 0.526. The molecule has 4 rings (SSSR count). The molecule has 0 spiro atoms. The van der Waals surface area contributed by atoms with Gasteiger partial charge in [0.25, 0.3) is 5.91 Å². The minimum Gasteiger partial charge on any atom is -0.497 e. The van der Waals surface area contributed by atoms with Crippen LogP contribution in [0.3, 0.4) is 0 Å². The molecule has 0 saturated carbocycles. The Morgan fingerprint density at radius 1 is 0.943 bits per heavy atom. The highest BCUT2D eigenvalue weighted by molar-refractivity contribution is 6.07. The standard InChI is InChI=1S/C27H35N3O5/c1-33-16-15-30-25(31)27(28-26(30)32,18-21-5-4-6-24(17-21)35-3)22-11-13-29(14-12-22)19-20-7-9-23(34-2)10-8-20/h4-10,17,22H,11-16,18-19H2,1-3H3,(H,28,32)/t27-/m1/s1. The molecule has 1 N–H and O–H groups in total. The van der Waals surface area contributed by atoms with Gasteiger partial charge in [0.1, 0.15) is 17.0 Å². The molecule has 8 heteroatoms. The van der Waals surface area contributed by atoms with Gasteiger partial charge in [-0.3, -0.25) is 14.6 Å². The molecular weight excluding hydrogens is 446 g/mol. The number of carbonyl (C=O) groups excluding carboxylic acids is 2. The summed E-state index contributed by atoms with van der Waals surface area (Å²) in [5, 5.41) is 3.12. The van der Waals surface area contributed by atoms with Crippen molar-refractivity contribution in [1.82, 2.24) is 15.1 Å². The number of hydrogen-bond acceptors (Lipinski definition) is 6. The van der Waals surface area contributed by atoms with Crippen LogP contribution in [0.4, 0.5) is 4.79 Å². The number of methoxy groups -OCH3 is 3. The molecule has 2 saturated heterocycles. The summed E-state index contributed by atoms with van der Waals surface area (Å²) >= 11 is 0. The molecule has 3 amide bonds. The van der Waals surface area contributed by atoms with Crippen LogP contribution in [0.25, 0.3) is 0 Å². The lowest BCUT2D eigenvalue weighted by Gasteiger charge is -2.41. The van der Waals surface area contributed by atoms with E-state index in [2.05, 4.69) is 22.3 Å². The zero-order valence-corrected chi connectivity index (χ0v) is 20.8. The van der Waals surface area contributed by atoms with Crippen LogP contribution in [0.2, 0.25) is 0 Å². The lowest BCUT2D eigenvalue weighted by atomic mass is 9.74. The number of hydrogen-bond donors (Lipinski definition) is 1. The summed E-state index contributed by atoms with van der Waals surface area (Å²) in [7, 11) is 4.86. The van der Waals surface area contributed by atoms with Gasteiger partial charge in [-0.15, -0.1) is 0 Å². The van der Waals surface area contributed by atoms with Crippen molar-refractivity contribution >= 4 is 11.9 Å². The van der Waals surface area contributed by atoms with Crippen LogP contribution in [-0.4, -0.2) is 74.8 Å². The van der Waals surface area contributed by atoms with Crippen molar-refractivity contribution in [1.29, 1.82) is 0 Å². The van der Waals surface area contributed by atoms with Gasteiger partial charge in [-0.2, -0.15) is 0 Å². The van der Waals surface area contributed by atoms with E-state index in [1.165, 1.54) is 10.5 Å². The topological polar surface area (TPSA) is 80.3 Å². The van der Waals surface area contributed by atoms with Crippen LogP contribution in [-0.2, 0) is 22.5 Å². The first-order chi connectivity index (χ1) is 17.0. The molecule has 35 heavy (non-hydrogen) atoms. The monoisotopic (exact) mass is 481 g/mol. The Balaban J connectivity index is 1.51. The summed E-state index contributed by atoms with van der Waals surface area (Å²) in [6.45, 7) is 3.13. The van der Waals surface area contributed by atoms with E-state index in [4.69, 9.17) is 14.2 Å². The molecule has 188 valence electrons. The molecule has 8 nitrogen and oxygen atoms in total. The lowest BCUT2D eigenvalue weighted by molar-refractivity contribution is -0.134. The molecule has 2 heterocycles. The summed E-state index contributed by atoms with van der Waals surface area (Å²) in [4.78, 5) is 30.4. The van der Waals surface area contributed by atoms with Crippen molar-refractivity contribution < 1.29 is 23.8 Å². The second kappa shape index (κ2) is 11.1. The van der Waals surface area contributed by atoms with Crippen molar-refractivity contribution in [3.05, 3.63) is 59.7 Å². The van der Waals surface area contributed by atoms with Gasteiger partial charge < -0.3 is 19.5 Å². The molecule has 2 aromatic carbocycles. The van der Waals surface area contributed by atoms with E-state index in [1.807, 2.05) is 36.4 Å². The van der Waals surface area contributed by atoms with E-state index in [1.54, 1.807) is 21.3 Å². The fourth-order valence-electron chi connectivity index (χ4n) is 5.25. The van der Waals surface area contributed by atoms with Gasteiger partial charge in [-0.05, 0) is 67.2 Å². The molecule has 2 aromatic rings. The molecule has 2 aliphatic heterocycles. The first kappa shape index (κ1) is 25.0. The molecule has 0 unspecified atom stereocenters. The molecule has 0 radical (unpaired) electrons. The Bertz CT molecular complexity index is 1020. The van der Waals surface area contributed by atoms with Crippen LogP contribution in [0.5, 0.6) is 11.5 Å². The minimum absolute atomic E-state index is 0.0322. The van der Waals surface area contributed by atoms with E-state index in [-0.39, 0.29) is 24.4 Å². The molecule has 2 fully saturated rings. The summed E-state index contributed by atoms with van der Waals surface area (Å²) in [5.41, 5.74) is 1.22. The van der Waals surface area contributed by atoms with E-state index < -0.39 is 5.54 Å². The normalized spacial score (nSPS) is 21.3. The number of amides is 3. The third kappa shape index (κ3) is 5.44. The fraction of sp³-hybridized carbons (Fsp3) is 0.481. The van der Waals surface area contributed by atoms with E-state index in [0.717, 1.165) is 49.5 Å². The fourth-order valence-corrected chi connectivity index (χ4v) is 5.25. The van der Waals surface area contributed by atoms with Crippen LogP contribution >= 0.6 is 0 Å². The molecule has 1 atom stereocenters. The number of ether oxygens (including phenoxy) is 3. The maximum Gasteiger partial charge on any atom is 0.325 e. The lowest BCUT2D eigenvalue weighted by Crippen LogP contribution is -2.57. The summed E-state index contributed by atoms with van der Waals surface area (Å²) in [6, 6.07) is 15.5. The number of imide groups is 1. The first-order valence-corrected chi connectivity index (χ1v) is 12.1. The average Bonchev–Trinajstić information content (AvgIpc) is 3.12. The number of piperidine rings is 1. The highest BCUT2D eigenvalue weighted by Crippen LogP contribution is 2.37. The highest BCUT2D eigenvalue weighted by atomic mass is 16.5.